The van der Waals surface area contributed by atoms with E-state index >= 15 is 0 Å². The van der Waals surface area contributed by atoms with Crippen molar-refractivity contribution in [3.63, 3.8) is 0 Å². The Hall–Kier alpha value is -1.60. The predicted octanol–water partition coefficient (Wildman–Crippen LogP) is 4.95. The van der Waals surface area contributed by atoms with Crippen LogP contribution in [-0.2, 0) is 6.42 Å². The lowest BCUT2D eigenvalue weighted by Gasteiger charge is -2.22. The minimum atomic E-state index is 0.391. The Labute approximate surface area is 128 Å². The summed E-state index contributed by atoms with van der Waals surface area (Å²) < 4.78 is 0. The number of fused-ring (bicyclic) bond motifs is 1. The van der Waals surface area contributed by atoms with Crippen LogP contribution in [0.15, 0.2) is 36.4 Å². The fourth-order valence-electron chi connectivity index (χ4n) is 3.60. The molecule has 1 heteroatoms. The van der Waals surface area contributed by atoms with E-state index in [1.807, 2.05) is 0 Å². The minimum absolute atomic E-state index is 0.391. The summed E-state index contributed by atoms with van der Waals surface area (Å²) in [6, 6.07) is 14.5. The number of nitrogens with one attached hydrogen (secondary N) is 1. The summed E-state index contributed by atoms with van der Waals surface area (Å²) in [7, 11) is 0. The van der Waals surface area contributed by atoms with Crippen LogP contribution in [-0.4, -0.2) is 0 Å². The highest BCUT2D eigenvalue weighted by Crippen LogP contribution is 2.34. The van der Waals surface area contributed by atoms with E-state index in [0.717, 1.165) is 0 Å². The van der Waals surface area contributed by atoms with E-state index in [4.69, 9.17) is 0 Å². The molecule has 21 heavy (non-hydrogen) atoms. The Bertz CT molecular complexity index is 657. The number of aryl methyl sites for hydroxylation is 4. The standard InChI is InChI=1S/C20H25N/c1-13-6-9-18(15(3)11-13)16(4)21-20-10-8-17-7-5-14(2)12-19(17)20/h5-7,9,11-12,16,20-21H,8,10H2,1-4H3. The van der Waals surface area contributed by atoms with Gasteiger partial charge in [-0.15, -0.1) is 0 Å². The highest BCUT2D eigenvalue weighted by atomic mass is 15.0. The lowest BCUT2D eigenvalue weighted by atomic mass is 9.98. The Kier molecular flexibility index (Phi) is 3.86. The molecule has 110 valence electrons. The lowest BCUT2D eigenvalue weighted by Crippen LogP contribution is -2.23. The van der Waals surface area contributed by atoms with Crippen molar-refractivity contribution in [1.82, 2.24) is 5.32 Å². The molecule has 0 aromatic heterocycles. The van der Waals surface area contributed by atoms with E-state index in [-0.39, 0.29) is 0 Å². The van der Waals surface area contributed by atoms with E-state index in [1.54, 1.807) is 0 Å². The van der Waals surface area contributed by atoms with E-state index in [2.05, 4.69) is 69.4 Å². The first-order valence-corrected chi connectivity index (χ1v) is 7.97. The van der Waals surface area contributed by atoms with Crippen LogP contribution < -0.4 is 5.32 Å². The maximum absolute atomic E-state index is 3.84. The average Bonchev–Trinajstić information content (AvgIpc) is 2.81. The van der Waals surface area contributed by atoms with Gasteiger partial charge in [-0.3, -0.25) is 0 Å². The van der Waals surface area contributed by atoms with Crippen LogP contribution in [0, 0.1) is 20.8 Å². The van der Waals surface area contributed by atoms with Crippen LogP contribution in [0.3, 0.4) is 0 Å². The Morgan fingerprint density at radius 3 is 2.48 bits per heavy atom. The second-order valence-electron chi connectivity index (χ2n) is 6.54. The normalized spacial score (nSPS) is 18.6. The zero-order valence-electron chi connectivity index (χ0n) is 13.5. The second kappa shape index (κ2) is 5.65. The molecule has 1 aliphatic carbocycles. The van der Waals surface area contributed by atoms with Gasteiger partial charge in [-0.1, -0.05) is 47.5 Å². The van der Waals surface area contributed by atoms with Crippen molar-refractivity contribution in [2.45, 2.75) is 52.6 Å². The molecule has 0 bridgehead atoms. The number of rotatable bonds is 3. The van der Waals surface area contributed by atoms with Crippen LogP contribution >= 0.6 is 0 Å². The second-order valence-corrected chi connectivity index (χ2v) is 6.54. The summed E-state index contributed by atoms with van der Waals surface area (Å²) in [6.45, 7) is 8.84. The van der Waals surface area contributed by atoms with Crippen molar-refractivity contribution in [3.05, 3.63) is 69.8 Å². The van der Waals surface area contributed by atoms with Gasteiger partial charge in [0.15, 0.2) is 0 Å². The maximum atomic E-state index is 3.84. The van der Waals surface area contributed by atoms with Gasteiger partial charge in [-0.05, 0) is 62.8 Å². The molecule has 0 fully saturated rings. The molecule has 1 aliphatic rings. The summed E-state index contributed by atoms with van der Waals surface area (Å²) in [4.78, 5) is 0. The highest BCUT2D eigenvalue weighted by molar-refractivity contribution is 5.38. The summed E-state index contributed by atoms with van der Waals surface area (Å²) in [5.74, 6) is 0. The Balaban J connectivity index is 1.80. The van der Waals surface area contributed by atoms with E-state index in [9.17, 15) is 0 Å². The Morgan fingerprint density at radius 1 is 1.00 bits per heavy atom. The van der Waals surface area contributed by atoms with Gasteiger partial charge >= 0.3 is 0 Å². The SMILES string of the molecule is Cc1ccc(C(C)NC2CCc3ccc(C)cc32)c(C)c1. The van der Waals surface area contributed by atoms with Gasteiger partial charge < -0.3 is 5.32 Å². The molecule has 3 rings (SSSR count). The average molecular weight is 279 g/mol. The number of hydrogen-bond donors (Lipinski definition) is 1. The molecule has 0 amide bonds. The maximum Gasteiger partial charge on any atom is 0.0331 e. The first-order valence-electron chi connectivity index (χ1n) is 7.97. The fourth-order valence-corrected chi connectivity index (χ4v) is 3.60. The van der Waals surface area contributed by atoms with Gasteiger partial charge in [0, 0.05) is 12.1 Å². The van der Waals surface area contributed by atoms with Crippen LogP contribution in [0.5, 0.6) is 0 Å². The molecule has 0 saturated carbocycles. The molecule has 1 N–H and O–H groups in total. The largest absolute Gasteiger partial charge is 0.303 e. The van der Waals surface area contributed by atoms with Crippen LogP contribution in [0.2, 0.25) is 0 Å². The fraction of sp³-hybridized carbons (Fsp3) is 0.400. The molecular formula is C20H25N. The zero-order valence-corrected chi connectivity index (χ0v) is 13.5. The third-order valence-corrected chi connectivity index (χ3v) is 4.72. The third-order valence-electron chi connectivity index (χ3n) is 4.72. The van der Waals surface area contributed by atoms with E-state index in [0.29, 0.717) is 12.1 Å². The van der Waals surface area contributed by atoms with Crippen LogP contribution in [0.25, 0.3) is 0 Å². The van der Waals surface area contributed by atoms with Crippen molar-refractivity contribution in [1.29, 1.82) is 0 Å². The lowest BCUT2D eigenvalue weighted by molar-refractivity contribution is 0.463. The first kappa shape index (κ1) is 14.3. The van der Waals surface area contributed by atoms with Gasteiger partial charge in [0.1, 0.15) is 0 Å². The molecule has 0 heterocycles. The summed E-state index contributed by atoms with van der Waals surface area (Å²) >= 11 is 0. The van der Waals surface area contributed by atoms with Crippen molar-refractivity contribution in [2.24, 2.45) is 0 Å². The minimum Gasteiger partial charge on any atom is -0.303 e. The Morgan fingerprint density at radius 2 is 1.71 bits per heavy atom. The first-order chi connectivity index (χ1) is 10.0. The van der Waals surface area contributed by atoms with Crippen molar-refractivity contribution < 1.29 is 0 Å². The number of hydrogen-bond acceptors (Lipinski definition) is 1. The van der Waals surface area contributed by atoms with E-state index < -0.39 is 0 Å². The van der Waals surface area contributed by atoms with Crippen molar-refractivity contribution in [2.75, 3.05) is 0 Å². The predicted molar refractivity (Wildman–Crippen MR) is 89.7 cm³/mol. The molecule has 1 nitrogen and oxygen atoms in total. The third kappa shape index (κ3) is 2.89. The summed E-state index contributed by atoms with van der Waals surface area (Å²) in [6.07, 6.45) is 2.42. The molecule has 2 atom stereocenters. The molecule has 0 radical (unpaired) electrons. The molecule has 2 aromatic carbocycles. The van der Waals surface area contributed by atoms with Gasteiger partial charge in [0.05, 0.1) is 0 Å². The van der Waals surface area contributed by atoms with Crippen molar-refractivity contribution >= 4 is 0 Å². The van der Waals surface area contributed by atoms with Crippen LogP contribution in [0.4, 0.5) is 0 Å². The smallest absolute Gasteiger partial charge is 0.0331 e. The monoisotopic (exact) mass is 279 g/mol. The molecule has 2 aromatic rings. The molecule has 0 spiro atoms. The van der Waals surface area contributed by atoms with Crippen LogP contribution in [0.1, 0.15) is 58.8 Å². The van der Waals surface area contributed by atoms with Gasteiger partial charge in [-0.2, -0.15) is 0 Å². The van der Waals surface area contributed by atoms with E-state index in [1.165, 1.54) is 46.2 Å². The summed E-state index contributed by atoms with van der Waals surface area (Å²) in [5.41, 5.74) is 8.53. The summed E-state index contributed by atoms with van der Waals surface area (Å²) in [5, 5.41) is 3.84. The van der Waals surface area contributed by atoms with Gasteiger partial charge in [0.25, 0.3) is 0 Å². The highest BCUT2D eigenvalue weighted by Gasteiger charge is 2.24. The molecule has 2 unspecified atom stereocenters. The van der Waals surface area contributed by atoms with Gasteiger partial charge in [0.2, 0.25) is 0 Å². The van der Waals surface area contributed by atoms with Gasteiger partial charge in [-0.25, -0.2) is 0 Å². The quantitative estimate of drug-likeness (QED) is 0.838. The molecular weight excluding hydrogens is 254 g/mol. The number of benzene rings is 2. The van der Waals surface area contributed by atoms with Crippen molar-refractivity contribution in [3.8, 4) is 0 Å². The molecule has 0 aliphatic heterocycles. The topological polar surface area (TPSA) is 12.0 Å². The molecule has 0 saturated heterocycles. The zero-order chi connectivity index (χ0) is 15.0.